The number of fused-ring (bicyclic) bond motifs is 1. The molecule has 0 saturated heterocycles. The summed E-state index contributed by atoms with van der Waals surface area (Å²) in [6, 6.07) is 7.93. The summed E-state index contributed by atoms with van der Waals surface area (Å²) < 4.78 is 6.52. The molecule has 1 atom stereocenters. The van der Waals surface area contributed by atoms with Gasteiger partial charge in [-0.25, -0.2) is 4.98 Å². The molecule has 0 aliphatic carbocycles. The first-order valence-electron chi connectivity index (χ1n) is 6.22. The van der Waals surface area contributed by atoms with Crippen LogP contribution in [0.4, 0.5) is 0 Å². The van der Waals surface area contributed by atoms with Gasteiger partial charge in [0.05, 0.1) is 9.26 Å². The third-order valence-electron chi connectivity index (χ3n) is 3.24. The lowest BCUT2D eigenvalue weighted by atomic mass is 10.1. The first-order valence-corrected chi connectivity index (χ1v) is 7.30. The van der Waals surface area contributed by atoms with E-state index in [2.05, 4.69) is 9.97 Å². The van der Waals surface area contributed by atoms with Gasteiger partial charge in [0.15, 0.2) is 11.9 Å². The minimum atomic E-state index is -0.188. The number of aromatic amines is 1. The molecule has 0 bridgehead atoms. The van der Waals surface area contributed by atoms with Crippen molar-refractivity contribution in [3.63, 3.8) is 0 Å². The van der Waals surface area contributed by atoms with Crippen molar-refractivity contribution >= 4 is 22.6 Å². The fourth-order valence-electron chi connectivity index (χ4n) is 2.25. The van der Waals surface area contributed by atoms with Crippen LogP contribution in [0.15, 0.2) is 29.1 Å². The van der Waals surface area contributed by atoms with Gasteiger partial charge in [-0.3, -0.25) is 4.79 Å². The number of rotatable bonds is 2. The van der Waals surface area contributed by atoms with E-state index in [1.807, 2.05) is 53.8 Å². The molecular weight excluding hydrogens is 355 g/mol. The highest BCUT2D eigenvalue weighted by atomic mass is 127. The van der Waals surface area contributed by atoms with E-state index in [0.717, 1.165) is 29.8 Å². The summed E-state index contributed by atoms with van der Waals surface area (Å²) in [5.41, 5.74) is 1.91. The van der Waals surface area contributed by atoms with Crippen LogP contribution in [0, 0.1) is 3.57 Å². The van der Waals surface area contributed by atoms with E-state index in [9.17, 15) is 4.79 Å². The predicted octanol–water partition coefficient (Wildman–Crippen LogP) is 2.61. The Morgan fingerprint density at radius 3 is 3.00 bits per heavy atom. The molecule has 1 N–H and O–H groups in total. The second-order valence-electron chi connectivity index (χ2n) is 4.48. The molecule has 2 heterocycles. The Kier molecular flexibility index (Phi) is 3.30. The monoisotopic (exact) mass is 368 g/mol. The van der Waals surface area contributed by atoms with E-state index in [0.29, 0.717) is 9.39 Å². The number of hydrogen-bond donors (Lipinski definition) is 1. The second-order valence-corrected chi connectivity index (χ2v) is 5.56. The standard InChI is InChI=1S/C14H13IN2O2/c1-2-9-12(15)14(18)17-13(16-9)11-7-8-5-3-4-6-10(8)19-11/h3-6,11H,2,7H2,1H3,(H,16,17,18). The van der Waals surface area contributed by atoms with Gasteiger partial charge in [-0.1, -0.05) is 25.1 Å². The van der Waals surface area contributed by atoms with Crippen molar-refractivity contribution in [1.29, 1.82) is 0 Å². The van der Waals surface area contributed by atoms with E-state index < -0.39 is 0 Å². The van der Waals surface area contributed by atoms with Gasteiger partial charge >= 0.3 is 0 Å². The van der Waals surface area contributed by atoms with Crippen LogP contribution in [-0.2, 0) is 12.8 Å². The Hall–Kier alpha value is -1.37. The van der Waals surface area contributed by atoms with E-state index in [1.54, 1.807) is 0 Å². The molecule has 0 saturated carbocycles. The first kappa shape index (κ1) is 12.7. The molecule has 0 radical (unpaired) electrons. The van der Waals surface area contributed by atoms with Crippen LogP contribution in [0.3, 0.4) is 0 Å². The number of aromatic nitrogens is 2. The maximum atomic E-state index is 11.9. The molecule has 1 aromatic carbocycles. The van der Waals surface area contributed by atoms with E-state index in [-0.39, 0.29) is 11.7 Å². The summed E-state index contributed by atoms with van der Waals surface area (Å²) in [6.07, 6.45) is 1.31. The summed E-state index contributed by atoms with van der Waals surface area (Å²) in [4.78, 5) is 19.2. The highest BCUT2D eigenvalue weighted by Crippen LogP contribution is 2.34. The molecule has 1 aliphatic rings. The molecule has 98 valence electrons. The number of hydrogen-bond acceptors (Lipinski definition) is 3. The first-order chi connectivity index (χ1) is 9.19. The quantitative estimate of drug-likeness (QED) is 0.830. The third kappa shape index (κ3) is 2.27. The van der Waals surface area contributed by atoms with Gasteiger partial charge in [-0.15, -0.1) is 0 Å². The van der Waals surface area contributed by atoms with Crippen LogP contribution in [0.5, 0.6) is 5.75 Å². The molecule has 1 unspecified atom stereocenters. The Morgan fingerprint density at radius 1 is 1.47 bits per heavy atom. The molecule has 4 nitrogen and oxygen atoms in total. The number of nitrogens with one attached hydrogen (secondary N) is 1. The van der Waals surface area contributed by atoms with Crippen LogP contribution in [0.2, 0.25) is 0 Å². The SMILES string of the molecule is CCc1nc(C2Cc3ccccc3O2)[nH]c(=O)c1I. The van der Waals surface area contributed by atoms with Crippen LogP contribution in [-0.4, -0.2) is 9.97 Å². The van der Waals surface area contributed by atoms with Gasteiger partial charge in [0.2, 0.25) is 0 Å². The van der Waals surface area contributed by atoms with Gasteiger partial charge in [-0.05, 0) is 40.6 Å². The van der Waals surface area contributed by atoms with E-state index in [4.69, 9.17) is 4.74 Å². The van der Waals surface area contributed by atoms with Crippen molar-refractivity contribution in [2.75, 3.05) is 0 Å². The molecule has 2 aromatic rings. The van der Waals surface area contributed by atoms with Gasteiger partial charge in [-0.2, -0.15) is 0 Å². The van der Waals surface area contributed by atoms with Crippen molar-refractivity contribution in [3.8, 4) is 5.75 Å². The number of para-hydroxylation sites is 1. The molecule has 5 heteroatoms. The summed E-state index contributed by atoms with van der Waals surface area (Å²) in [5.74, 6) is 1.50. The molecule has 19 heavy (non-hydrogen) atoms. The fraction of sp³-hybridized carbons (Fsp3) is 0.286. The van der Waals surface area contributed by atoms with Crippen molar-refractivity contribution in [1.82, 2.24) is 9.97 Å². The molecule has 0 fully saturated rings. The lowest BCUT2D eigenvalue weighted by Crippen LogP contribution is -2.21. The normalized spacial score (nSPS) is 17.1. The van der Waals surface area contributed by atoms with Gasteiger partial charge in [0.25, 0.3) is 5.56 Å². The van der Waals surface area contributed by atoms with Gasteiger partial charge in [0.1, 0.15) is 5.75 Å². The zero-order chi connectivity index (χ0) is 13.4. The van der Waals surface area contributed by atoms with Gasteiger partial charge in [0, 0.05) is 6.42 Å². The number of halogens is 1. The highest BCUT2D eigenvalue weighted by Gasteiger charge is 2.26. The Bertz CT molecular complexity index is 656. The maximum Gasteiger partial charge on any atom is 0.264 e. The third-order valence-corrected chi connectivity index (χ3v) is 4.35. The summed E-state index contributed by atoms with van der Waals surface area (Å²) in [5, 5.41) is 0. The number of ether oxygens (including phenoxy) is 1. The van der Waals surface area contributed by atoms with Crippen molar-refractivity contribution in [3.05, 3.63) is 55.3 Å². The molecule has 0 spiro atoms. The van der Waals surface area contributed by atoms with E-state index in [1.165, 1.54) is 0 Å². The highest BCUT2D eigenvalue weighted by molar-refractivity contribution is 14.1. The van der Waals surface area contributed by atoms with Crippen LogP contribution in [0.25, 0.3) is 0 Å². The van der Waals surface area contributed by atoms with E-state index >= 15 is 0 Å². The van der Waals surface area contributed by atoms with Gasteiger partial charge < -0.3 is 9.72 Å². The average molecular weight is 368 g/mol. The summed E-state index contributed by atoms with van der Waals surface area (Å²) in [7, 11) is 0. The lowest BCUT2D eigenvalue weighted by molar-refractivity contribution is 0.226. The minimum Gasteiger partial charge on any atom is -0.482 e. The number of aryl methyl sites for hydroxylation is 1. The Morgan fingerprint density at radius 2 is 2.26 bits per heavy atom. The van der Waals surface area contributed by atoms with Crippen molar-refractivity contribution < 1.29 is 4.74 Å². The number of nitrogens with zero attached hydrogens (tertiary/aromatic N) is 1. The summed E-state index contributed by atoms with van der Waals surface area (Å²) in [6.45, 7) is 2.00. The Balaban J connectivity index is 1.98. The number of H-pyrrole nitrogens is 1. The summed E-state index contributed by atoms with van der Waals surface area (Å²) >= 11 is 2.04. The average Bonchev–Trinajstić information content (AvgIpc) is 2.85. The number of benzene rings is 1. The fourth-order valence-corrected chi connectivity index (χ4v) is 2.88. The van der Waals surface area contributed by atoms with Crippen LogP contribution >= 0.6 is 22.6 Å². The zero-order valence-electron chi connectivity index (χ0n) is 10.4. The topological polar surface area (TPSA) is 55.0 Å². The second kappa shape index (κ2) is 4.96. The van der Waals surface area contributed by atoms with Crippen molar-refractivity contribution in [2.24, 2.45) is 0 Å². The van der Waals surface area contributed by atoms with Crippen LogP contribution < -0.4 is 10.3 Å². The maximum absolute atomic E-state index is 11.9. The molecular formula is C14H13IN2O2. The van der Waals surface area contributed by atoms with Crippen LogP contribution in [0.1, 0.15) is 30.1 Å². The van der Waals surface area contributed by atoms with Crippen molar-refractivity contribution in [2.45, 2.75) is 25.9 Å². The molecule has 0 amide bonds. The lowest BCUT2D eigenvalue weighted by Gasteiger charge is -2.11. The largest absolute Gasteiger partial charge is 0.482 e. The Labute approximate surface area is 124 Å². The zero-order valence-corrected chi connectivity index (χ0v) is 12.6. The molecule has 3 rings (SSSR count). The minimum absolute atomic E-state index is 0.0815. The smallest absolute Gasteiger partial charge is 0.264 e. The predicted molar refractivity (Wildman–Crippen MR) is 80.5 cm³/mol. The molecule has 1 aromatic heterocycles. The molecule has 1 aliphatic heterocycles.